The average molecular weight is 332 g/mol. The standard InChI is InChI=1S/C17H20N2O3S/c1-2-4-10-6-7-11-13(9-10)23-17(14(11)15(18)20)19-16(21)12-5-3-8-22-12/h3,5,8,10H,2,4,6-7,9H2,1H3,(H2,18,20)(H,19,21)/t10-/m0/s1. The average Bonchev–Trinajstić information content (AvgIpc) is 3.14. The zero-order valence-corrected chi connectivity index (χ0v) is 13.9. The monoisotopic (exact) mass is 332 g/mol. The van der Waals surface area contributed by atoms with Crippen LogP contribution in [0.1, 0.15) is 57.5 Å². The minimum Gasteiger partial charge on any atom is -0.459 e. The summed E-state index contributed by atoms with van der Waals surface area (Å²) in [5.74, 6) is 0.0311. The van der Waals surface area contributed by atoms with Crippen LogP contribution in [-0.4, -0.2) is 11.8 Å². The Hall–Kier alpha value is -2.08. The van der Waals surface area contributed by atoms with Crippen molar-refractivity contribution in [1.82, 2.24) is 0 Å². The van der Waals surface area contributed by atoms with Crippen LogP contribution in [0.2, 0.25) is 0 Å². The smallest absolute Gasteiger partial charge is 0.291 e. The van der Waals surface area contributed by atoms with Gasteiger partial charge in [0.25, 0.3) is 11.8 Å². The number of fused-ring (bicyclic) bond motifs is 1. The van der Waals surface area contributed by atoms with E-state index >= 15 is 0 Å². The molecule has 2 amide bonds. The number of hydrogen-bond donors (Lipinski definition) is 2. The number of carbonyl (C=O) groups is 2. The summed E-state index contributed by atoms with van der Waals surface area (Å²) in [6.07, 6.45) is 6.69. The highest BCUT2D eigenvalue weighted by Crippen LogP contribution is 2.40. The van der Waals surface area contributed by atoms with Crippen molar-refractivity contribution in [3.05, 3.63) is 40.2 Å². The van der Waals surface area contributed by atoms with E-state index in [0.29, 0.717) is 16.5 Å². The van der Waals surface area contributed by atoms with Gasteiger partial charge in [0, 0.05) is 4.88 Å². The van der Waals surface area contributed by atoms with Crippen LogP contribution in [-0.2, 0) is 12.8 Å². The van der Waals surface area contributed by atoms with Gasteiger partial charge in [0.2, 0.25) is 0 Å². The third kappa shape index (κ3) is 3.17. The maximum Gasteiger partial charge on any atom is 0.291 e. The van der Waals surface area contributed by atoms with Gasteiger partial charge in [-0.3, -0.25) is 9.59 Å². The van der Waals surface area contributed by atoms with Crippen molar-refractivity contribution >= 4 is 28.2 Å². The molecule has 0 fully saturated rings. The molecule has 0 unspecified atom stereocenters. The second kappa shape index (κ2) is 6.58. The third-order valence-corrected chi connectivity index (χ3v) is 5.45. The molecule has 0 bridgehead atoms. The van der Waals surface area contributed by atoms with Crippen molar-refractivity contribution in [3.63, 3.8) is 0 Å². The molecule has 0 radical (unpaired) electrons. The number of hydrogen-bond acceptors (Lipinski definition) is 4. The fourth-order valence-electron chi connectivity index (χ4n) is 3.23. The van der Waals surface area contributed by atoms with Gasteiger partial charge in [0.15, 0.2) is 5.76 Å². The lowest BCUT2D eigenvalue weighted by Crippen LogP contribution is -2.19. The molecular weight excluding hydrogens is 312 g/mol. The van der Waals surface area contributed by atoms with E-state index in [0.717, 1.165) is 31.2 Å². The molecule has 0 saturated heterocycles. The summed E-state index contributed by atoms with van der Waals surface area (Å²) in [6.45, 7) is 2.19. The third-order valence-electron chi connectivity index (χ3n) is 4.28. The number of nitrogens with one attached hydrogen (secondary N) is 1. The fraction of sp³-hybridized carbons (Fsp3) is 0.412. The van der Waals surface area contributed by atoms with Crippen molar-refractivity contribution in [2.45, 2.75) is 39.0 Å². The first-order chi connectivity index (χ1) is 11.1. The topological polar surface area (TPSA) is 85.3 Å². The lowest BCUT2D eigenvalue weighted by Gasteiger charge is -2.21. The molecule has 3 rings (SSSR count). The molecule has 6 heteroatoms. The number of rotatable bonds is 5. The van der Waals surface area contributed by atoms with Crippen LogP contribution in [0.5, 0.6) is 0 Å². The van der Waals surface area contributed by atoms with Crippen molar-refractivity contribution in [2.75, 3.05) is 5.32 Å². The Morgan fingerprint density at radius 1 is 1.48 bits per heavy atom. The Balaban J connectivity index is 1.88. The number of primary amides is 1. The molecule has 2 aromatic heterocycles. The first-order valence-electron chi connectivity index (χ1n) is 7.89. The second-order valence-electron chi connectivity index (χ2n) is 5.90. The van der Waals surface area contributed by atoms with Gasteiger partial charge in [-0.15, -0.1) is 11.3 Å². The summed E-state index contributed by atoms with van der Waals surface area (Å²) in [4.78, 5) is 25.2. The van der Waals surface area contributed by atoms with E-state index in [9.17, 15) is 9.59 Å². The first-order valence-corrected chi connectivity index (χ1v) is 8.71. The van der Waals surface area contributed by atoms with Gasteiger partial charge in [-0.2, -0.15) is 0 Å². The highest BCUT2D eigenvalue weighted by atomic mass is 32.1. The van der Waals surface area contributed by atoms with Crippen molar-refractivity contribution in [1.29, 1.82) is 0 Å². The van der Waals surface area contributed by atoms with Gasteiger partial charge >= 0.3 is 0 Å². The molecule has 1 aliphatic carbocycles. The number of amides is 2. The highest BCUT2D eigenvalue weighted by Gasteiger charge is 2.28. The van der Waals surface area contributed by atoms with E-state index in [2.05, 4.69) is 12.2 Å². The SMILES string of the molecule is CCC[C@H]1CCc2c(sc(NC(=O)c3ccco3)c2C(N)=O)C1. The van der Waals surface area contributed by atoms with Gasteiger partial charge in [-0.05, 0) is 42.9 Å². The van der Waals surface area contributed by atoms with Crippen LogP contribution in [0.25, 0.3) is 0 Å². The van der Waals surface area contributed by atoms with E-state index in [1.54, 1.807) is 12.1 Å². The van der Waals surface area contributed by atoms with Gasteiger partial charge < -0.3 is 15.5 Å². The van der Waals surface area contributed by atoms with Crippen LogP contribution < -0.4 is 11.1 Å². The number of thiophene rings is 1. The molecule has 23 heavy (non-hydrogen) atoms. The Bertz CT molecular complexity index is 719. The normalized spacial score (nSPS) is 16.8. The van der Waals surface area contributed by atoms with Crippen molar-refractivity contribution < 1.29 is 14.0 Å². The lowest BCUT2D eigenvalue weighted by molar-refractivity contribution is 0.0997. The molecule has 122 valence electrons. The maximum atomic E-state index is 12.2. The van der Waals surface area contributed by atoms with Crippen LogP contribution in [0, 0.1) is 5.92 Å². The van der Waals surface area contributed by atoms with Gasteiger partial charge in [-0.1, -0.05) is 19.8 Å². The molecule has 0 saturated carbocycles. The molecule has 3 N–H and O–H groups in total. The minimum atomic E-state index is -0.480. The molecular formula is C17H20N2O3S. The van der Waals surface area contributed by atoms with Crippen LogP contribution >= 0.6 is 11.3 Å². The molecule has 1 atom stereocenters. The van der Waals surface area contributed by atoms with E-state index in [4.69, 9.17) is 10.2 Å². The molecule has 5 nitrogen and oxygen atoms in total. The molecule has 1 aliphatic rings. The molecule has 2 heterocycles. The maximum absolute atomic E-state index is 12.2. The summed E-state index contributed by atoms with van der Waals surface area (Å²) < 4.78 is 5.10. The number of carbonyl (C=O) groups excluding carboxylic acids is 2. The predicted octanol–water partition coefficient (Wildman–Crippen LogP) is 3.60. The predicted molar refractivity (Wildman–Crippen MR) is 89.9 cm³/mol. The quantitative estimate of drug-likeness (QED) is 0.877. The number of anilines is 1. The van der Waals surface area contributed by atoms with E-state index in [1.165, 1.54) is 28.9 Å². The van der Waals surface area contributed by atoms with Crippen molar-refractivity contribution in [3.8, 4) is 0 Å². The van der Waals surface area contributed by atoms with Gasteiger partial charge in [-0.25, -0.2) is 0 Å². The summed E-state index contributed by atoms with van der Waals surface area (Å²) in [5.41, 5.74) is 7.05. The number of furan rings is 1. The van der Waals surface area contributed by atoms with Crippen LogP contribution in [0.4, 0.5) is 5.00 Å². The fourth-order valence-corrected chi connectivity index (χ4v) is 4.59. The van der Waals surface area contributed by atoms with Crippen LogP contribution in [0.15, 0.2) is 22.8 Å². The Kier molecular flexibility index (Phi) is 4.52. The Labute approximate surface area is 138 Å². The summed E-state index contributed by atoms with van der Waals surface area (Å²) in [7, 11) is 0. The van der Waals surface area contributed by atoms with E-state index in [1.807, 2.05) is 0 Å². The summed E-state index contributed by atoms with van der Waals surface area (Å²) in [6, 6.07) is 3.24. The highest BCUT2D eigenvalue weighted by molar-refractivity contribution is 7.17. The first kappa shape index (κ1) is 15.8. The van der Waals surface area contributed by atoms with Gasteiger partial charge in [0.1, 0.15) is 5.00 Å². The Morgan fingerprint density at radius 2 is 2.30 bits per heavy atom. The lowest BCUT2D eigenvalue weighted by atomic mass is 9.84. The molecule has 0 aliphatic heterocycles. The zero-order valence-electron chi connectivity index (χ0n) is 13.1. The minimum absolute atomic E-state index is 0.218. The van der Waals surface area contributed by atoms with E-state index < -0.39 is 5.91 Å². The van der Waals surface area contributed by atoms with Gasteiger partial charge in [0.05, 0.1) is 11.8 Å². The van der Waals surface area contributed by atoms with Crippen LogP contribution in [0.3, 0.4) is 0 Å². The number of nitrogens with two attached hydrogens (primary N) is 1. The Morgan fingerprint density at radius 3 is 2.96 bits per heavy atom. The van der Waals surface area contributed by atoms with E-state index in [-0.39, 0.29) is 11.7 Å². The second-order valence-corrected chi connectivity index (χ2v) is 7.01. The molecule has 2 aromatic rings. The summed E-state index contributed by atoms with van der Waals surface area (Å²) in [5, 5.41) is 3.33. The largest absolute Gasteiger partial charge is 0.459 e. The van der Waals surface area contributed by atoms with Crippen molar-refractivity contribution in [2.24, 2.45) is 11.7 Å². The zero-order chi connectivity index (χ0) is 16.4. The summed E-state index contributed by atoms with van der Waals surface area (Å²) >= 11 is 1.47. The molecule has 0 aromatic carbocycles. The molecule has 0 spiro atoms.